The molecule has 2 N–H and O–H groups in total. The number of methoxy groups -OCH3 is 1. The fourth-order valence-electron chi connectivity index (χ4n) is 2.88. The standard InChI is InChI=1S/C16H22N2O4/c1-18-14(20)8-7-13(16(21)17-9-10-19)15(18)11-3-5-12(22-2)6-4-11/h3-6,13,15,19H,7-10H2,1-2H3,(H,17,21). The lowest BCUT2D eigenvalue weighted by molar-refractivity contribution is -0.141. The highest BCUT2D eigenvalue weighted by molar-refractivity contribution is 5.84. The quantitative estimate of drug-likeness (QED) is 0.840. The number of ether oxygens (including phenoxy) is 1. The number of nitrogens with one attached hydrogen (secondary N) is 1. The van der Waals surface area contributed by atoms with Crippen molar-refractivity contribution in [2.75, 3.05) is 27.3 Å². The van der Waals surface area contributed by atoms with Gasteiger partial charge in [0, 0.05) is 20.0 Å². The van der Waals surface area contributed by atoms with E-state index in [1.807, 2.05) is 24.3 Å². The number of aliphatic hydroxyl groups is 1. The lowest BCUT2D eigenvalue weighted by Gasteiger charge is -2.38. The van der Waals surface area contributed by atoms with Crippen molar-refractivity contribution in [2.24, 2.45) is 5.92 Å². The van der Waals surface area contributed by atoms with Gasteiger partial charge in [-0.2, -0.15) is 0 Å². The molecule has 1 aliphatic heterocycles. The predicted octanol–water partition coefficient (Wildman–Crippen LogP) is 0.713. The highest BCUT2D eigenvalue weighted by Gasteiger charge is 2.38. The fourth-order valence-corrected chi connectivity index (χ4v) is 2.88. The summed E-state index contributed by atoms with van der Waals surface area (Å²) in [6.07, 6.45) is 0.873. The zero-order valence-corrected chi connectivity index (χ0v) is 12.9. The molecule has 1 aromatic rings. The maximum Gasteiger partial charge on any atom is 0.225 e. The zero-order valence-electron chi connectivity index (χ0n) is 12.9. The minimum absolute atomic E-state index is 0.0343. The Balaban J connectivity index is 2.26. The van der Waals surface area contributed by atoms with Crippen molar-refractivity contribution >= 4 is 11.8 Å². The Kier molecular flexibility index (Phi) is 5.38. The van der Waals surface area contributed by atoms with Crippen LogP contribution < -0.4 is 10.1 Å². The summed E-state index contributed by atoms with van der Waals surface area (Å²) in [5.41, 5.74) is 0.903. The topological polar surface area (TPSA) is 78.9 Å². The van der Waals surface area contributed by atoms with Crippen LogP contribution in [0.15, 0.2) is 24.3 Å². The summed E-state index contributed by atoms with van der Waals surface area (Å²) in [7, 11) is 3.32. The van der Waals surface area contributed by atoms with Gasteiger partial charge in [0.15, 0.2) is 0 Å². The van der Waals surface area contributed by atoms with E-state index in [0.717, 1.165) is 11.3 Å². The molecule has 6 heteroatoms. The molecule has 120 valence electrons. The fraction of sp³-hybridized carbons (Fsp3) is 0.500. The van der Waals surface area contributed by atoms with E-state index < -0.39 is 0 Å². The molecule has 1 aromatic carbocycles. The molecular weight excluding hydrogens is 284 g/mol. The highest BCUT2D eigenvalue weighted by Crippen LogP contribution is 2.36. The van der Waals surface area contributed by atoms with Gasteiger partial charge in [0.2, 0.25) is 11.8 Å². The van der Waals surface area contributed by atoms with Crippen LogP contribution in [0.3, 0.4) is 0 Å². The molecule has 2 unspecified atom stereocenters. The van der Waals surface area contributed by atoms with Crippen LogP contribution in [0.5, 0.6) is 5.75 Å². The van der Waals surface area contributed by atoms with Crippen molar-refractivity contribution in [1.82, 2.24) is 10.2 Å². The van der Waals surface area contributed by atoms with Crippen LogP contribution in [0.4, 0.5) is 0 Å². The van der Waals surface area contributed by atoms with Gasteiger partial charge in [-0.15, -0.1) is 0 Å². The molecule has 0 saturated carbocycles. The third kappa shape index (κ3) is 3.39. The minimum atomic E-state index is -0.317. The minimum Gasteiger partial charge on any atom is -0.497 e. The summed E-state index contributed by atoms with van der Waals surface area (Å²) in [5.74, 6) is 0.318. The molecule has 1 fully saturated rings. The normalized spacial score (nSPS) is 21.6. The molecule has 2 atom stereocenters. The number of benzene rings is 1. The summed E-state index contributed by atoms with van der Waals surface area (Å²) in [6, 6.07) is 7.11. The first-order valence-corrected chi connectivity index (χ1v) is 7.36. The number of aliphatic hydroxyl groups excluding tert-OH is 1. The number of hydrogen-bond acceptors (Lipinski definition) is 4. The number of hydrogen-bond donors (Lipinski definition) is 2. The van der Waals surface area contributed by atoms with Crippen molar-refractivity contribution in [3.63, 3.8) is 0 Å². The highest BCUT2D eigenvalue weighted by atomic mass is 16.5. The first-order chi connectivity index (χ1) is 10.6. The summed E-state index contributed by atoms with van der Waals surface area (Å²) in [5, 5.41) is 11.6. The van der Waals surface area contributed by atoms with Crippen molar-refractivity contribution in [3.05, 3.63) is 29.8 Å². The third-order valence-electron chi connectivity index (χ3n) is 4.07. The maximum atomic E-state index is 12.3. The van der Waals surface area contributed by atoms with Crippen LogP contribution in [0, 0.1) is 5.92 Å². The molecule has 0 spiro atoms. The average Bonchev–Trinajstić information content (AvgIpc) is 2.55. The van der Waals surface area contributed by atoms with Gasteiger partial charge in [-0.3, -0.25) is 9.59 Å². The largest absolute Gasteiger partial charge is 0.497 e. The van der Waals surface area contributed by atoms with E-state index in [4.69, 9.17) is 9.84 Å². The van der Waals surface area contributed by atoms with E-state index in [2.05, 4.69) is 5.32 Å². The van der Waals surface area contributed by atoms with Crippen molar-refractivity contribution in [1.29, 1.82) is 0 Å². The van der Waals surface area contributed by atoms with Gasteiger partial charge in [0.05, 0.1) is 25.7 Å². The molecule has 2 amide bonds. The first kappa shape index (κ1) is 16.3. The van der Waals surface area contributed by atoms with E-state index in [9.17, 15) is 9.59 Å². The van der Waals surface area contributed by atoms with E-state index >= 15 is 0 Å². The van der Waals surface area contributed by atoms with Gasteiger partial charge < -0.3 is 20.1 Å². The summed E-state index contributed by atoms with van der Waals surface area (Å²) in [4.78, 5) is 26.0. The second-order valence-electron chi connectivity index (χ2n) is 5.38. The molecule has 2 rings (SSSR count). The van der Waals surface area contributed by atoms with E-state index in [1.54, 1.807) is 19.1 Å². The Morgan fingerprint density at radius 3 is 2.68 bits per heavy atom. The molecule has 6 nitrogen and oxygen atoms in total. The number of amides is 2. The molecule has 1 saturated heterocycles. The summed E-state index contributed by atoms with van der Waals surface area (Å²) >= 11 is 0. The van der Waals surface area contributed by atoms with Gasteiger partial charge in [0.1, 0.15) is 5.75 Å². The number of piperidine rings is 1. The van der Waals surface area contributed by atoms with E-state index in [1.165, 1.54) is 0 Å². The molecule has 0 aromatic heterocycles. The van der Waals surface area contributed by atoms with Gasteiger partial charge in [-0.25, -0.2) is 0 Å². The Bertz CT molecular complexity index is 529. The Hall–Kier alpha value is -2.08. The molecule has 0 radical (unpaired) electrons. The van der Waals surface area contributed by atoms with E-state index in [-0.39, 0.29) is 36.9 Å². The van der Waals surface area contributed by atoms with Gasteiger partial charge in [0.25, 0.3) is 0 Å². The maximum absolute atomic E-state index is 12.3. The number of likely N-dealkylation sites (tertiary alicyclic amines) is 1. The summed E-state index contributed by atoms with van der Waals surface area (Å²) < 4.78 is 5.14. The van der Waals surface area contributed by atoms with E-state index in [0.29, 0.717) is 12.8 Å². The Labute approximate surface area is 130 Å². The van der Waals surface area contributed by atoms with Crippen molar-refractivity contribution < 1.29 is 19.4 Å². The predicted molar refractivity (Wildman–Crippen MR) is 81.3 cm³/mol. The average molecular weight is 306 g/mol. The number of rotatable bonds is 5. The van der Waals surface area contributed by atoms with Gasteiger partial charge in [-0.1, -0.05) is 12.1 Å². The second kappa shape index (κ2) is 7.26. The lowest BCUT2D eigenvalue weighted by Crippen LogP contribution is -2.46. The van der Waals surface area contributed by atoms with Gasteiger partial charge >= 0.3 is 0 Å². The SMILES string of the molecule is COc1ccc(C2C(C(=O)NCCO)CCC(=O)N2C)cc1. The van der Waals surface area contributed by atoms with Crippen molar-refractivity contribution in [2.45, 2.75) is 18.9 Å². The third-order valence-corrected chi connectivity index (χ3v) is 4.07. The molecular formula is C16H22N2O4. The number of carbonyl (C=O) groups is 2. The molecule has 0 aliphatic carbocycles. The Morgan fingerprint density at radius 1 is 1.41 bits per heavy atom. The molecule has 1 heterocycles. The smallest absolute Gasteiger partial charge is 0.225 e. The van der Waals surface area contributed by atoms with Crippen LogP contribution in [-0.4, -0.2) is 49.1 Å². The second-order valence-corrected chi connectivity index (χ2v) is 5.38. The molecule has 1 aliphatic rings. The van der Waals surface area contributed by atoms with Crippen LogP contribution in [0.25, 0.3) is 0 Å². The van der Waals surface area contributed by atoms with Crippen LogP contribution in [-0.2, 0) is 9.59 Å². The molecule has 22 heavy (non-hydrogen) atoms. The lowest BCUT2D eigenvalue weighted by atomic mass is 9.84. The summed E-state index contributed by atoms with van der Waals surface area (Å²) in [6.45, 7) is 0.128. The monoisotopic (exact) mass is 306 g/mol. The Morgan fingerprint density at radius 2 is 2.09 bits per heavy atom. The van der Waals surface area contributed by atoms with Crippen LogP contribution in [0.1, 0.15) is 24.4 Å². The number of nitrogens with zero attached hydrogens (tertiary/aromatic N) is 1. The molecule has 0 bridgehead atoms. The van der Waals surface area contributed by atoms with Crippen LogP contribution >= 0.6 is 0 Å². The van der Waals surface area contributed by atoms with Crippen LogP contribution in [0.2, 0.25) is 0 Å². The first-order valence-electron chi connectivity index (χ1n) is 7.36. The zero-order chi connectivity index (χ0) is 16.1. The van der Waals surface area contributed by atoms with Gasteiger partial charge in [-0.05, 0) is 24.1 Å². The number of carbonyl (C=O) groups excluding carboxylic acids is 2. The van der Waals surface area contributed by atoms with Crippen molar-refractivity contribution in [3.8, 4) is 5.75 Å².